The Morgan fingerprint density at radius 2 is 2.06 bits per heavy atom. The molecule has 2 N–H and O–H groups in total. The van der Waals surface area contributed by atoms with Crippen molar-refractivity contribution in [2.24, 2.45) is 0 Å². The molecule has 0 aliphatic carbocycles. The van der Waals surface area contributed by atoms with E-state index in [1.807, 2.05) is 30.3 Å². The van der Waals surface area contributed by atoms with Gasteiger partial charge in [0.25, 0.3) is 0 Å². The molecule has 17 heavy (non-hydrogen) atoms. The van der Waals surface area contributed by atoms with Crippen molar-refractivity contribution >= 4 is 17.7 Å². The standard InChI is InChI=1S/C12H16O4S/c13-6-11(14)8-17-9-12(15)16-7-10-4-2-1-3-5-10/h1-5,11,13-14H,6-9H2/t11-/m1/s1. The van der Waals surface area contributed by atoms with Gasteiger partial charge in [-0.3, -0.25) is 4.79 Å². The van der Waals surface area contributed by atoms with Crippen LogP contribution in [0.5, 0.6) is 0 Å². The van der Waals surface area contributed by atoms with Gasteiger partial charge in [-0.15, -0.1) is 11.8 Å². The summed E-state index contributed by atoms with van der Waals surface area (Å²) in [5.41, 5.74) is 0.946. The Hall–Kier alpha value is -1.04. The summed E-state index contributed by atoms with van der Waals surface area (Å²) in [6.45, 7) is -0.0190. The fraction of sp³-hybridized carbons (Fsp3) is 0.417. The van der Waals surface area contributed by atoms with Crippen LogP contribution in [0.1, 0.15) is 5.56 Å². The van der Waals surface area contributed by atoms with Gasteiger partial charge in [-0.25, -0.2) is 0 Å². The van der Waals surface area contributed by atoms with Crippen LogP contribution in [0, 0.1) is 0 Å². The lowest BCUT2D eigenvalue weighted by atomic mass is 10.2. The molecule has 0 spiro atoms. The normalized spacial score (nSPS) is 12.1. The van der Waals surface area contributed by atoms with Crippen LogP contribution in [-0.4, -0.2) is 40.4 Å². The number of ether oxygens (including phenoxy) is 1. The van der Waals surface area contributed by atoms with Crippen molar-refractivity contribution in [1.82, 2.24) is 0 Å². The third-order valence-electron chi connectivity index (χ3n) is 1.98. The van der Waals surface area contributed by atoms with E-state index in [0.717, 1.165) is 5.56 Å². The number of hydrogen-bond donors (Lipinski definition) is 2. The molecule has 0 saturated carbocycles. The third kappa shape index (κ3) is 6.31. The van der Waals surface area contributed by atoms with Gasteiger partial charge in [0.2, 0.25) is 0 Å². The second-order valence-electron chi connectivity index (χ2n) is 3.50. The summed E-state index contributed by atoms with van der Waals surface area (Å²) in [4.78, 5) is 11.3. The molecule has 1 atom stereocenters. The maximum absolute atomic E-state index is 11.3. The highest BCUT2D eigenvalue weighted by molar-refractivity contribution is 7.99. The van der Waals surface area contributed by atoms with E-state index in [9.17, 15) is 4.79 Å². The molecule has 0 saturated heterocycles. The van der Waals surface area contributed by atoms with E-state index in [0.29, 0.717) is 5.75 Å². The first kappa shape index (κ1) is 14.0. The Morgan fingerprint density at radius 1 is 1.35 bits per heavy atom. The summed E-state index contributed by atoms with van der Waals surface area (Å²) in [7, 11) is 0. The van der Waals surface area contributed by atoms with Crippen LogP contribution in [0.15, 0.2) is 30.3 Å². The highest BCUT2D eigenvalue weighted by Gasteiger charge is 2.06. The molecule has 0 aromatic heterocycles. The molecule has 94 valence electrons. The molecule has 5 heteroatoms. The van der Waals surface area contributed by atoms with E-state index in [4.69, 9.17) is 14.9 Å². The zero-order chi connectivity index (χ0) is 12.5. The van der Waals surface area contributed by atoms with Gasteiger partial charge < -0.3 is 14.9 Å². The van der Waals surface area contributed by atoms with Crippen LogP contribution in [0.25, 0.3) is 0 Å². The van der Waals surface area contributed by atoms with Crippen LogP contribution in [0.3, 0.4) is 0 Å². The SMILES string of the molecule is O=C(CSC[C@H](O)CO)OCc1ccccc1. The number of carbonyl (C=O) groups is 1. The molecule has 0 fully saturated rings. The van der Waals surface area contributed by atoms with Crippen LogP contribution in [-0.2, 0) is 16.1 Å². The monoisotopic (exact) mass is 256 g/mol. The maximum atomic E-state index is 11.3. The quantitative estimate of drug-likeness (QED) is 0.707. The number of aliphatic hydroxyl groups is 2. The number of esters is 1. The molecule has 0 bridgehead atoms. The second kappa shape index (κ2) is 8.11. The molecule has 0 aliphatic heterocycles. The van der Waals surface area contributed by atoms with E-state index in [1.165, 1.54) is 11.8 Å². The van der Waals surface area contributed by atoms with Gasteiger partial charge in [0.1, 0.15) is 6.61 Å². The van der Waals surface area contributed by atoms with Crippen LogP contribution in [0.4, 0.5) is 0 Å². The fourth-order valence-corrected chi connectivity index (χ4v) is 1.86. The highest BCUT2D eigenvalue weighted by atomic mass is 32.2. The number of aliphatic hydroxyl groups excluding tert-OH is 2. The van der Waals surface area contributed by atoms with Crippen molar-refractivity contribution in [2.75, 3.05) is 18.1 Å². The van der Waals surface area contributed by atoms with Gasteiger partial charge in [-0.1, -0.05) is 30.3 Å². The first-order valence-electron chi connectivity index (χ1n) is 5.28. The minimum Gasteiger partial charge on any atom is -0.460 e. The van der Waals surface area contributed by atoms with Gasteiger partial charge in [-0.05, 0) is 5.56 Å². The number of carbonyl (C=O) groups excluding carboxylic acids is 1. The first-order valence-corrected chi connectivity index (χ1v) is 6.44. The van der Waals surface area contributed by atoms with Crippen molar-refractivity contribution in [3.8, 4) is 0 Å². The molecule has 0 amide bonds. The lowest BCUT2D eigenvalue weighted by Gasteiger charge is -2.07. The zero-order valence-corrected chi connectivity index (χ0v) is 10.2. The summed E-state index contributed by atoms with van der Waals surface area (Å²) >= 11 is 1.24. The van der Waals surface area contributed by atoms with Crippen molar-refractivity contribution in [2.45, 2.75) is 12.7 Å². The Bertz CT molecular complexity index is 329. The summed E-state index contributed by atoms with van der Waals surface area (Å²) in [6, 6.07) is 9.44. The average Bonchev–Trinajstić information content (AvgIpc) is 2.37. The third-order valence-corrected chi connectivity index (χ3v) is 3.04. The highest BCUT2D eigenvalue weighted by Crippen LogP contribution is 2.06. The molecule has 4 nitrogen and oxygen atoms in total. The van der Waals surface area contributed by atoms with Crippen LogP contribution < -0.4 is 0 Å². The summed E-state index contributed by atoms with van der Waals surface area (Å²) in [5, 5.41) is 17.6. The Balaban J connectivity index is 2.13. The Kier molecular flexibility index (Phi) is 6.69. The average molecular weight is 256 g/mol. The smallest absolute Gasteiger partial charge is 0.316 e. The minimum absolute atomic E-state index is 0.184. The largest absolute Gasteiger partial charge is 0.460 e. The van der Waals surface area contributed by atoms with Gasteiger partial charge in [0, 0.05) is 5.75 Å². The molecule has 1 aromatic rings. The number of benzene rings is 1. The fourth-order valence-electron chi connectivity index (χ4n) is 1.11. The molecule has 0 heterocycles. The molecule has 0 unspecified atom stereocenters. The van der Waals surface area contributed by atoms with Gasteiger partial charge in [0.15, 0.2) is 0 Å². The summed E-state index contributed by atoms with van der Waals surface area (Å²) in [5.74, 6) is 0.199. The van der Waals surface area contributed by atoms with Crippen LogP contribution >= 0.6 is 11.8 Å². The van der Waals surface area contributed by atoms with Crippen molar-refractivity contribution in [3.63, 3.8) is 0 Å². The van der Waals surface area contributed by atoms with Gasteiger partial charge in [0.05, 0.1) is 18.5 Å². The molecule has 1 aromatic carbocycles. The molecular weight excluding hydrogens is 240 g/mol. The molecule has 0 radical (unpaired) electrons. The summed E-state index contributed by atoms with van der Waals surface area (Å²) in [6.07, 6.45) is -0.776. The van der Waals surface area contributed by atoms with E-state index in [2.05, 4.69) is 0 Å². The van der Waals surface area contributed by atoms with Crippen LogP contribution in [0.2, 0.25) is 0 Å². The molecule has 0 aliphatic rings. The molecule has 1 rings (SSSR count). The summed E-state index contributed by atoms with van der Waals surface area (Å²) < 4.78 is 5.04. The predicted octanol–water partition coefficient (Wildman–Crippen LogP) is 0.816. The number of rotatable bonds is 7. The van der Waals surface area contributed by atoms with E-state index < -0.39 is 6.10 Å². The Labute approximate surface area is 105 Å². The minimum atomic E-state index is -0.776. The van der Waals surface area contributed by atoms with E-state index >= 15 is 0 Å². The maximum Gasteiger partial charge on any atom is 0.316 e. The number of hydrogen-bond acceptors (Lipinski definition) is 5. The second-order valence-corrected chi connectivity index (χ2v) is 4.53. The zero-order valence-electron chi connectivity index (χ0n) is 9.41. The first-order chi connectivity index (χ1) is 8.22. The lowest BCUT2D eigenvalue weighted by Crippen LogP contribution is -2.16. The lowest BCUT2D eigenvalue weighted by molar-refractivity contribution is -0.141. The van der Waals surface area contributed by atoms with Crippen molar-refractivity contribution < 1.29 is 19.7 Å². The van der Waals surface area contributed by atoms with Gasteiger partial charge in [-0.2, -0.15) is 0 Å². The number of thioether (sulfide) groups is 1. The molecular formula is C12H16O4S. The predicted molar refractivity (Wildman–Crippen MR) is 66.7 cm³/mol. The van der Waals surface area contributed by atoms with E-state index in [1.54, 1.807) is 0 Å². The topological polar surface area (TPSA) is 66.8 Å². The van der Waals surface area contributed by atoms with Gasteiger partial charge >= 0.3 is 5.97 Å². The van der Waals surface area contributed by atoms with Crippen molar-refractivity contribution in [3.05, 3.63) is 35.9 Å². The Morgan fingerprint density at radius 3 is 2.71 bits per heavy atom. The van der Waals surface area contributed by atoms with Crippen molar-refractivity contribution in [1.29, 1.82) is 0 Å². The van der Waals surface area contributed by atoms with E-state index in [-0.39, 0.29) is 24.9 Å².